The maximum absolute atomic E-state index is 13.6. The first-order valence-electron chi connectivity index (χ1n) is 11.0. The molecule has 5 rings (SSSR count). The summed E-state index contributed by atoms with van der Waals surface area (Å²) in [6.45, 7) is 0. The fourth-order valence-corrected chi connectivity index (χ4v) is 5.97. The largest absolute Gasteiger partial charge is 0.503 e. The number of aromatic nitrogens is 1. The molecule has 0 saturated carbocycles. The number of amides is 1. The van der Waals surface area contributed by atoms with E-state index in [0.717, 1.165) is 4.70 Å². The molecule has 0 spiro atoms. The minimum atomic E-state index is -1.00. The molecule has 1 aliphatic heterocycles. The molecule has 9 nitrogen and oxygen atoms in total. The Hall–Kier alpha value is -4.09. The highest BCUT2D eigenvalue weighted by Crippen LogP contribution is 2.48. The van der Waals surface area contributed by atoms with E-state index in [1.54, 1.807) is 48.9 Å². The Morgan fingerprint density at radius 3 is 2.32 bits per heavy atom. The highest BCUT2D eigenvalue weighted by atomic mass is 32.1. The minimum absolute atomic E-state index is 0.0569. The third kappa shape index (κ3) is 4.05. The lowest BCUT2D eigenvalue weighted by Crippen LogP contribution is -2.31. The lowest BCUT2D eigenvalue weighted by molar-refractivity contribution is -0.117. The van der Waals surface area contributed by atoms with Crippen molar-refractivity contribution in [3.05, 3.63) is 69.6 Å². The van der Waals surface area contributed by atoms with Gasteiger partial charge >= 0.3 is 0 Å². The van der Waals surface area contributed by atoms with Crippen molar-refractivity contribution in [2.45, 2.75) is 6.04 Å². The number of aliphatic hydroxyl groups is 1. The summed E-state index contributed by atoms with van der Waals surface area (Å²) < 4.78 is 22.6. The van der Waals surface area contributed by atoms with Crippen LogP contribution in [0.4, 0.5) is 5.13 Å². The molecule has 37 heavy (non-hydrogen) atoms. The van der Waals surface area contributed by atoms with E-state index in [9.17, 15) is 14.7 Å². The number of thiophene rings is 1. The number of carbonyl (C=O) groups is 2. The molecule has 0 radical (unpaired) electrons. The molecule has 4 aromatic rings. The predicted octanol–water partition coefficient (Wildman–Crippen LogP) is 5.18. The molecule has 0 fully saturated rings. The smallest absolute Gasteiger partial charge is 0.296 e. The van der Waals surface area contributed by atoms with E-state index in [-0.39, 0.29) is 5.57 Å². The van der Waals surface area contributed by atoms with Gasteiger partial charge in [-0.3, -0.25) is 14.5 Å². The van der Waals surface area contributed by atoms with Crippen LogP contribution in [0.25, 0.3) is 10.2 Å². The highest BCUT2D eigenvalue weighted by Gasteiger charge is 2.46. The Balaban J connectivity index is 1.73. The van der Waals surface area contributed by atoms with E-state index in [4.69, 9.17) is 18.9 Å². The first-order chi connectivity index (χ1) is 17.9. The van der Waals surface area contributed by atoms with Crippen molar-refractivity contribution in [2.24, 2.45) is 0 Å². The van der Waals surface area contributed by atoms with Gasteiger partial charge in [-0.05, 0) is 47.3 Å². The SMILES string of the molecule is COc1ccc2nc(N3C(=O)C(O)=C(C(=O)c4cccs4)[C@H]3c3cc(OC)c(OC)c(OC)c3)sc2c1. The van der Waals surface area contributed by atoms with Gasteiger partial charge in [0, 0.05) is 0 Å². The number of rotatable bonds is 8. The molecule has 1 amide bonds. The van der Waals surface area contributed by atoms with Crippen LogP contribution >= 0.6 is 22.7 Å². The van der Waals surface area contributed by atoms with Gasteiger partial charge in [0.2, 0.25) is 11.5 Å². The fourth-order valence-electron chi connectivity index (χ4n) is 4.27. The first-order valence-corrected chi connectivity index (χ1v) is 12.7. The van der Waals surface area contributed by atoms with Gasteiger partial charge in [-0.2, -0.15) is 0 Å². The molecule has 190 valence electrons. The number of carbonyl (C=O) groups excluding carboxylic acids is 2. The summed E-state index contributed by atoms with van der Waals surface area (Å²) in [5.41, 5.74) is 1.07. The number of benzene rings is 2. The number of ketones is 1. The van der Waals surface area contributed by atoms with E-state index in [0.29, 0.717) is 44.1 Å². The number of thiazole rings is 1. The Labute approximate surface area is 220 Å². The summed E-state index contributed by atoms with van der Waals surface area (Å²) in [7, 11) is 6.01. The Kier molecular flexibility index (Phi) is 6.48. The Morgan fingerprint density at radius 1 is 1.00 bits per heavy atom. The van der Waals surface area contributed by atoms with Gasteiger partial charge in [0.15, 0.2) is 22.4 Å². The Bertz CT molecular complexity index is 1520. The molecule has 0 unspecified atom stereocenters. The van der Waals surface area contributed by atoms with Crippen LogP contribution in [-0.2, 0) is 4.79 Å². The molecule has 2 aromatic carbocycles. The van der Waals surface area contributed by atoms with Crippen LogP contribution in [0.15, 0.2) is 59.2 Å². The number of aliphatic hydroxyl groups excluding tert-OH is 1. The predicted molar refractivity (Wildman–Crippen MR) is 141 cm³/mol. The van der Waals surface area contributed by atoms with Crippen molar-refractivity contribution in [3.63, 3.8) is 0 Å². The number of anilines is 1. The van der Waals surface area contributed by atoms with Crippen LogP contribution in [0.2, 0.25) is 0 Å². The van der Waals surface area contributed by atoms with Gasteiger partial charge in [0.05, 0.1) is 55.1 Å². The average Bonchev–Trinajstić information content (AvgIpc) is 3.65. The van der Waals surface area contributed by atoms with Gasteiger partial charge in [-0.1, -0.05) is 17.4 Å². The van der Waals surface area contributed by atoms with Gasteiger partial charge in [0.25, 0.3) is 5.91 Å². The molecule has 1 aliphatic rings. The van der Waals surface area contributed by atoms with E-state index in [1.165, 1.54) is 48.9 Å². The number of fused-ring (bicyclic) bond motifs is 1. The molecule has 1 atom stereocenters. The van der Waals surface area contributed by atoms with E-state index >= 15 is 0 Å². The first kappa shape index (κ1) is 24.6. The molecule has 0 bridgehead atoms. The maximum atomic E-state index is 13.6. The van der Waals surface area contributed by atoms with E-state index in [2.05, 4.69) is 4.98 Å². The third-order valence-corrected chi connectivity index (χ3v) is 7.88. The summed E-state index contributed by atoms with van der Waals surface area (Å²) in [6.07, 6.45) is 0. The van der Waals surface area contributed by atoms with Crippen molar-refractivity contribution in [3.8, 4) is 23.0 Å². The van der Waals surface area contributed by atoms with Crippen LogP contribution in [0.5, 0.6) is 23.0 Å². The molecule has 0 aliphatic carbocycles. The van der Waals surface area contributed by atoms with Crippen molar-refractivity contribution in [1.29, 1.82) is 0 Å². The Morgan fingerprint density at radius 2 is 1.73 bits per heavy atom. The van der Waals surface area contributed by atoms with Crippen LogP contribution in [-0.4, -0.2) is 50.2 Å². The van der Waals surface area contributed by atoms with Crippen LogP contribution in [0.1, 0.15) is 21.3 Å². The van der Waals surface area contributed by atoms with E-state index < -0.39 is 23.5 Å². The lowest BCUT2D eigenvalue weighted by Gasteiger charge is -2.25. The number of nitrogens with zero attached hydrogens (tertiary/aromatic N) is 2. The van der Waals surface area contributed by atoms with Crippen molar-refractivity contribution < 1.29 is 33.6 Å². The molecule has 2 aromatic heterocycles. The van der Waals surface area contributed by atoms with Crippen molar-refractivity contribution >= 4 is 49.7 Å². The van der Waals surface area contributed by atoms with Crippen LogP contribution in [0, 0.1) is 0 Å². The van der Waals surface area contributed by atoms with E-state index in [1.807, 2.05) is 6.07 Å². The molecular formula is C26H22N2O7S2. The normalized spacial score (nSPS) is 15.4. The second kappa shape index (κ2) is 9.75. The lowest BCUT2D eigenvalue weighted by atomic mass is 9.95. The quantitative estimate of drug-likeness (QED) is 0.306. The second-order valence-electron chi connectivity index (χ2n) is 7.94. The van der Waals surface area contributed by atoms with Crippen molar-refractivity contribution in [1.82, 2.24) is 4.98 Å². The van der Waals surface area contributed by atoms with Crippen molar-refractivity contribution in [2.75, 3.05) is 33.3 Å². The van der Waals surface area contributed by atoms with Crippen LogP contribution in [0.3, 0.4) is 0 Å². The van der Waals surface area contributed by atoms with Gasteiger partial charge in [-0.15, -0.1) is 11.3 Å². The molecule has 11 heteroatoms. The van der Waals surface area contributed by atoms with Gasteiger partial charge in [-0.25, -0.2) is 4.98 Å². The monoisotopic (exact) mass is 538 g/mol. The van der Waals surface area contributed by atoms with Gasteiger partial charge < -0.3 is 24.1 Å². The summed E-state index contributed by atoms with van der Waals surface area (Å²) in [6, 6.07) is 11.1. The topological polar surface area (TPSA) is 107 Å². The number of hydrogen-bond donors (Lipinski definition) is 1. The zero-order valence-electron chi connectivity index (χ0n) is 20.3. The van der Waals surface area contributed by atoms with Gasteiger partial charge in [0.1, 0.15) is 5.75 Å². The number of Topliss-reactive ketones (excluding diaryl/α,β-unsaturated/α-hetero) is 1. The highest BCUT2D eigenvalue weighted by molar-refractivity contribution is 7.22. The molecule has 3 heterocycles. The molecular weight excluding hydrogens is 516 g/mol. The fraction of sp³-hybridized carbons (Fsp3) is 0.192. The number of methoxy groups -OCH3 is 4. The summed E-state index contributed by atoms with van der Waals surface area (Å²) in [5, 5.41) is 13.1. The summed E-state index contributed by atoms with van der Waals surface area (Å²) >= 11 is 2.47. The number of ether oxygens (including phenoxy) is 4. The average molecular weight is 539 g/mol. The summed E-state index contributed by atoms with van der Waals surface area (Å²) in [5.74, 6) is -0.133. The zero-order chi connectivity index (χ0) is 26.3. The maximum Gasteiger partial charge on any atom is 0.296 e. The summed E-state index contributed by atoms with van der Waals surface area (Å²) in [4.78, 5) is 33.5. The molecule has 0 saturated heterocycles. The standard InChI is InChI=1S/C26H22N2O7S2/c1-32-14-7-8-15-19(12-14)37-26(27-15)28-21(13-10-16(33-2)24(35-4)17(11-13)34-3)20(23(30)25(28)31)22(29)18-6-5-9-36-18/h5-12,21,30H,1-4H3/t21-/m1/s1. The third-order valence-electron chi connectivity index (χ3n) is 5.99. The number of hydrogen-bond acceptors (Lipinski definition) is 10. The zero-order valence-corrected chi connectivity index (χ0v) is 21.9. The minimum Gasteiger partial charge on any atom is -0.503 e. The molecule has 1 N–H and O–H groups in total. The van der Waals surface area contributed by atoms with Crippen LogP contribution < -0.4 is 23.8 Å². The second-order valence-corrected chi connectivity index (χ2v) is 9.89.